The van der Waals surface area contributed by atoms with Crippen LogP contribution < -0.4 is 0 Å². The highest BCUT2D eigenvalue weighted by Gasteiger charge is 2.37. The minimum atomic E-state index is -4.36. The largest absolute Gasteiger partial charge is 0.416 e. The molecule has 0 spiro atoms. The summed E-state index contributed by atoms with van der Waals surface area (Å²) in [5.74, 6) is 0.476. The first kappa shape index (κ1) is 28.6. The molecule has 0 N–H and O–H groups in total. The van der Waals surface area contributed by atoms with Crippen LogP contribution in [0.15, 0.2) is 48.5 Å². The maximum atomic E-state index is 13.8. The minimum Gasteiger partial charge on any atom is -0.344 e. The van der Waals surface area contributed by atoms with Crippen molar-refractivity contribution in [1.29, 1.82) is 0 Å². The third kappa shape index (κ3) is 7.82. The number of halogens is 3. The molecule has 2 aliphatic rings. The van der Waals surface area contributed by atoms with Crippen LogP contribution in [0.2, 0.25) is 0 Å². The lowest BCUT2D eigenvalue weighted by Crippen LogP contribution is -2.58. The summed E-state index contributed by atoms with van der Waals surface area (Å²) >= 11 is 0. The average Bonchev–Trinajstić information content (AvgIpc) is 2.92. The molecule has 38 heavy (non-hydrogen) atoms. The molecule has 2 fully saturated rings. The lowest BCUT2D eigenvalue weighted by Gasteiger charge is -2.43. The molecule has 0 aromatic heterocycles. The zero-order valence-electron chi connectivity index (χ0n) is 22.8. The number of hydrogen-bond acceptors (Lipinski definition) is 3. The molecule has 1 unspecified atom stereocenters. The maximum absolute atomic E-state index is 13.8. The van der Waals surface area contributed by atoms with Crippen LogP contribution in [0.1, 0.15) is 54.4 Å². The molecular weight excluding hydrogens is 487 g/mol. The van der Waals surface area contributed by atoms with Gasteiger partial charge in [0.25, 0.3) is 0 Å². The number of benzene rings is 2. The highest BCUT2D eigenvalue weighted by atomic mass is 19.4. The van der Waals surface area contributed by atoms with Crippen LogP contribution >= 0.6 is 0 Å². The summed E-state index contributed by atoms with van der Waals surface area (Å²) in [4.78, 5) is 20.5. The zero-order valence-corrected chi connectivity index (χ0v) is 22.8. The van der Waals surface area contributed by atoms with Crippen molar-refractivity contribution in [3.05, 3.63) is 70.8 Å². The number of carbonyl (C=O) groups is 1. The van der Waals surface area contributed by atoms with E-state index in [1.54, 1.807) is 17.9 Å². The number of rotatable bonds is 9. The highest BCUT2D eigenvalue weighted by Crippen LogP contribution is 2.32. The van der Waals surface area contributed by atoms with Gasteiger partial charge in [-0.15, -0.1) is 0 Å². The Morgan fingerprint density at radius 3 is 2.29 bits per heavy atom. The Bertz CT molecular complexity index is 1030. The molecule has 1 aliphatic carbocycles. The van der Waals surface area contributed by atoms with Crippen LogP contribution in [0.3, 0.4) is 0 Å². The molecule has 1 saturated heterocycles. The van der Waals surface area contributed by atoms with Crippen LogP contribution in [-0.2, 0) is 23.8 Å². The number of amides is 1. The predicted molar refractivity (Wildman–Crippen MR) is 146 cm³/mol. The first-order chi connectivity index (χ1) is 18.2. The van der Waals surface area contributed by atoms with E-state index < -0.39 is 11.7 Å². The van der Waals surface area contributed by atoms with Crippen LogP contribution in [0.25, 0.3) is 0 Å². The van der Waals surface area contributed by atoms with Gasteiger partial charge in [0.2, 0.25) is 5.91 Å². The van der Waals surface area contributed by atoms with E-state index in [0.29, 0.717) is 30.0 Å². The number of alkyl halides is 3. The summed E-state index contributed by atoms with van der Waals surface area (Å²) in [5.41, 5.74) is 1.95. The molecule has 2 aromatic carbocycles. The van der Waals surface area contributed by atoms with Gasteiger partial charge in [0.1, 0.15) is 0 Å². The van der Waals surface area contributed by atoms with Crippen molar-refractivity contribution in [2.45, 2.75) is 64.1 Å². The fourth-order valence-electron chi connectivity index (χ4n) is 6.11. The Labute approximate surface area is 225 Å². The number of likely N-dealkylation sites (N-methyl/N-ethyl adjacent to an activating group) is 1. The molecular formula is C31H42F3N3O. The molecule has 4 nitrogen and oxygen atoms in total. The lowest BCUT2D eigenvalue weighted by molar-refractivity contribution is -0.140. The van der Waals surface area contributed by atoms with Crippen molar-refractivity contribution in [3.63, 3.8) is 0 Å². The summed E-state index contributed by atoms with van der Waals surface area (Å²) in [6.45, 7) is 6.79. The molecule has 1 amide bonds. The van der Waals surface area contributed by atoms with E-state index in [9.17, 15) is 18.0 Å². The molecule has 1 heterocycles. The highest BCUT2D eigenvalue weighted by molar-refractivity contribution is 5.82. The van der Waals surface area contributed by atoms with E-state index in [1.807, 2.05) is 13.1 Å². The third-order valence-corrected chi connectivity index (χ3v) is 8.29. The fraction of sp³-hybridized carbons (Fsp3) is 0.581. The molecule has 1 aliphatic heterocycles. The second-order valence-electron chi connectivity index (χ2n) is 11.2. The first-order valence-electron chi connectivity index (χ1n) is 14.1. The van der Waals surface area contributed by atoms with Gasteiger partial charge in [0.15, 0.2) is 0 Å². The molecule has 0 radical (unpaired) electrons. The van der Waals surface area contributed by atoms with Gasteiger partial charge in [-0.1, -0.05) is 61.2 Å². The Kier molecular flexibility index (Phi) is 9.88. The van der Waals surface area contributed by atoms with E-state index in [-0.39, 0.29) is 11.9 Å². The maximum Gasteiger partial charge on any atom is 0.416 e. The van der Waals surface area contributed by atoms with Gasteiger partial charge in [-0.2, -0.15) is 13.2 Å². The number of carbonyl (C=O) groups excluding carboxylic acids is 1. The van der Waals surface area contributed by atoms with Crippen molar-refractivity contribution in [2.24, 2.45) is 5.92 Å². The van der Waals surface area contributed by atoms with Gasteiger partial charge in [-0.05, 0) is 61.8 Å². The van der Waals surface area contributed by atoms with Crippen LogP contribution in [0, 0.1) is 12.8 Å². The summed E-state index contributed by atoms with van der Waals surface area (Å²) in [5, 5.41) is 0. The van der Waals surface area contributed by atoms with Crippen molar-refractivity contribution in [2.75, 3.05) is 46.3 Å². The van der Waals surface area contributed by atoms with Gasteiger partial charge < -0.3 is 9.80 Å². The Balaban J connectivity index is 1.37. The van der Waals surface area contributed by atoms with Crippen LogP contribution in [-0.4, -0.2) is 73.0 Å². The van der Waals surface area contributed by atoms with Crippen molar-refractivity contribution >= 4 is 5.91 Å². The third-order valence-electron chi connectivity index (χ3n) is 8.29. The summed E-state index contributed by atoms with van der Waals surface area (Å²) in [6.07, 6.45) is 2.79. The predicted octanol–water partition coefficient (Wildman–Crippen LogP) is 5.82. The summed E-state index contributed by atoms with van der Waals surface area (Å²) < 4.78 is 39.8. The van der Waals surface area contributed by atoms with E-state index >= 15 is 0 Å². The number of aryl methyl sites for hydroxylation is 1. The van der Waals surface area contributed by atoms with Crippen LogP contribution in [0.5, 0.6) is 0 Å². The normalized spacial score (nSPS) is 18.9. The molecule has 1 saturated carbocycles. The molecule has 1 atom stereocenters. The van der Waals surface area contributed by atoms with E-state index in [2.05, 4.69) is 34.1 Å². The Morgan fingerprint density at radius 2 is 1.63 bits per heavy atom. The molecule has 208 valence electrons. The molecule has 7 heteroatoms. The zero-order chi connectivity index (χ0) is 27.1. The number of nitrogens with zero attached hydrogens (tertiary/aromatic N) is 3. The van der Waals surface area contributed by atoms with Gasteiger partial charge in [-0.3, -0.25) is 9.69 Å². The number of piperazine rings is 1. The summed E-state index contributed by atoms with van der Waals surface area (Å²) in [7, 11) is 1.81. The van der Waals surface area contributed by atoms with Gasteiger partial charge in [0.05, 0.1) is 11.6 Å². The smallest absolute Gasteiger partial charge is 0.344 e. The van der Waals surface area contributed by atoms with E-state index in [0.717, 1.165) is 52.0 Å². The Hall–Kier alpha value is -2.38. The molecule has 2 aromatic rings. The van der Waals surface area contributed by atoms with Crippen molar-refractivity contribution in [1.82, 2.24) is 14.7 Å². The average molecular weight is 530 g/mol. The van der Waals surface area contributed by atoms with Gasteiger partial charge in [-0.25, -0.2) is 0 Å². The van der Waals surface area contributed by atoms with Gasteiger partial charge >= 0.3 is 6.18 Å². The van der Waals surface area contributed by atoms with Crippen molar-refractivity contribution < 1.29 is 18.0 Å². The second kappa shape index (κ2) is 13.1. The van der Waals surface area contributed by atoms with Gasteiger partial charge in [0, 0.05) is 46.3 Å². The van der Waals surface area contributed by atoms with E-state index in [4.69, 9.17) is 0 Å². The minimum absolute atomic E-state index is 0.123. The first-order valence-corrected chi connectivity index (χ1v) is 14.1. The quantitative estimate of drug-likeness (QED) is 0.409. The van der Waals surface area contributed by atoms with Crippen molar-refractivity contribution in [3.8, 4) is 0 Å². The fourth-order valence-corrected chi connectivity index (χ4v) is 6.11. The number of hydrogen-bond donors (Lipinski definition) is 0. The van der Waals surface area contributed by atoms with E-state index in [1.165, 1.54) is 37.0 Å². The van der Waals surface area contributed by atoms with Crippen LogP contribution in [0.4, 0.5) is 13.2 Å². The standard InChI is InChI=1S/C31H42F3N3O/c1-24-21-26(23-28(22-24)31(32,33)34)13-15-35(2)30(38)29(27-11-7-4-8-12-27)37-19-17-36(18-20-37)16-14-25-9-5-3-6-10-25/h3,5-6,9-10,21-23,27,29H,4,7-8,11-20H2,1-2H3. The topological polar surface area (TPSA) is 26.8 Å². The Morgan fingerprint density at radius 1 is 0.947 bits per heavy atom. The lowest BCUT2D eigenvalue weighted by atomic mass is 9.82. The second-order valence-corrected chi connectivity index (χ2v) is 11.2. The monoisotopic (exact) mass is 529 g/mol. The summed E-state index contributed by atoms with van der Waals surface area (Å²) in [6, 6.07) is 14.6. The molecule has 4 rings (SSSR count). The molecule has 0 bridgehead atoms. The SMILES string of the molecule is Cc1cc(CCN(C)C(=O)C(C2CCCCC2)N2CCN(CCc3ccccc3)CC2)cc(C(F)(F)F)c1.